The van der Waals surface area contributed by atoms with Crippen molar-refractivity contribution in [2.45, 2.75) is 99.7 Å². The molecule has 0 bridgehead atoms. The van der Waals surface area contributed by atoms with Crippen LogP contribution in [-0.4, -0.2) is 149 Å². The Morgan fingerprint density at radius 2 is 1.26 bits per heavy atom. The molecule has 16 heteroatoms. The van der Waals surface area contributed by atoms with Gasteiger partial charge in [0, 0.05) is 20.0 Å². The number of hydrogen-bond acceptors (Lipinski definition) is 15. The normalized spacial score (nSPS) is 48.0. The van der Waals surface area contributed by atoms with Crippen LogP contribution in [0.4, 0.5) is 0 Å². The minimum atomic E-state index is -1.58. The number of aliphatic hydroxyl groups excluding tert-OH is 6. The van der Waals surface area contributed by atoms with Crippen LogP contribution in [-0.2, 0) is 33.2 Å². The fraction of sp³-hybridized carbons (Fsp3) is 0.955. The smallest absolute Gasteiger partial charge is 0.217 e. The number of carbonyl (C=O) groups is 1. The molecule has 38 heavy (non-hydrogen) atoms. The number of ether oxygens (including phenoxy) is 6. The second-order valence-corrected chi connectivity index (χ2v) is 9.83. The lowest BCUT2D eigenvalue weighted by atomic mass is 9.89. The first-order valence-electron chi connectivity index (χ1n) is 12.4. The fourth-order valence-corrected chi connectivity index (χ4v) is 4.97. The van der Waals surface area contributed by atoms with Crippen molar-refractivity contribution in [1.29, 1.82) is 0 Å². The Labute approximate surface area is 219 Å². The lowest BCUT2D eigenvalue weighted by Gasteiger charge is -2.49. The van der Waals surface area contributed by atoms with E-state index in [2.05, 4.69) is 5.32 Å². The second kappa shape index (κ2) is 13.5. The first-order valence-corrected chi connectivity index (χ1v) is 12.4. The van der Waals surface area contributed by atoms with Gasteiger partial charge in [0.25, 0.3) is 0 Å². The van der Waals surface area contributed by atoms with Gasteiger partial charge in [-0.05, 0) is 0 Å². The Hall–Kier alpha value is -1.09. The molecule has 0 aliphatic carbocycles. The summed E-state index contributed by atoms with van der Waals surface area (Å²) in [6.45, 7) is 1.14. The molecular weight excluding hydrogens is 514 g/mol. The van der Waals surface area contributed by atoms with Crippen LogP contribution < -0.4 is 16.8 Å². The summed E-state index contributed by atoms with van der Waals surface area (Å²) >= 11 is 0. The number of nitrogens with two attached hydrogens (primary N) is 2. The Balaban J connectivity index is 1.83. The molecule has 16 nitrogen and oxygen atoms in total. The number of nitrogens with one attached hydrogen (secondary N) is 1. The van der Waals surface area contributed by atoms with Crippen molar-refractivity contribution in [1.82, 2.24) is 5.32 Å². The number of hydrogen-bond donors (Lipinski definition) is 9. The number of aliphatic hydroxyl groups is 6. The van der Waals surface area contributed by atoms with Crippen molar-refractivity contribution in [2.24, 2.45) is 17.4 Å². The maximum atomic E-state index is 12.0. The summed E-state index contributed by atoms with van der Waals surface area (Å²) in [5.41, 5.74) is 12.1. The maximum Gasteiger partial charge on any atom is 0.217 e. The standard InChI is InChI=1S/C22H41N3O13/c1-7-9(4-26)34-21(12(23)15(7)30)37-19-11(6-28)36-22(14(17(19)32)25-8(2)29)38-18-10(5-27)35-20(33-3)13(24)16(18)31/h7,9-22,26-28,30-32H,4-6,23-24H2,1-3H3,(H,25,29)/t7?,9?,10?,11?,12?,13?,14?,15?,16?,17?,18?,19?,20-,21?,22?/m1/s1. The second-order valence-electron chi connectivity index (χ2n) is 9.83. The van der Waals surface area contributed by atoms with Gasteiger partial charge in [0.15, 0.2) is 18.9 Å². The van der Waals surface area contributed by atoms with Crippen molar-refractivity contribution >= 4 is 5.91 Å². The van der Waals surface area contributed by atoms with E-state index in [1.165, 1.54) is 14.0 Å². The van der Waals surface area contributed by atoms with Crippen LogP contribution in [0, 0.1) is 5.92 Å². The van der Waals surface area contributed by atoms with Gasteiger partial charge in [-0.25, -0.2) is 0 Å². The molecule has 3 fully saturated rings. The SMILES string of the molecule is CO[C@@H]1OC(CO)C(OC2OC(CO)C(OC3OC(CO)C(C)C(O)C3N)C(O)C2NC(C)=O)C(O)C1N. The predicted octanol–water partition coefficient (Wildman–Crippen LogP) is -5.57. The molecule has 3 aliphatic heterocycles. The first-order chi connectivity index (χ1) is 18.0. The van der Waals surface area contributed by atoms with Crippen molar-refractivity contribution in [3.8, 4) is 0 Å². The van der Waals surface area contributed by atoms with Gasteiger partial charge < -0.3 is 75.8 Å². The monoisotopic (exact) mass is 555 g/mol. The lowest BCUT2D eigenvalue weighted by molar-refractivity contribution is -0.349. The van der Waals surface area contributed by atoms with Crippen LogP contribution in [0.5, 0.6) is 0 Å². The van der Waals surface area contributed by atoms with E-state index < -0.39 is 117 Å². The molecule has 0 aromatic rings. The van der Waals surface area contributed by atoms with Gasteiger partial charge in [0.2, 0.25) is 5.91 Å². The highest BCUT2D eigenvalue weighted by Crippen LogP contribution is 2.32. The molecule has 14 unspecified atom stereocenters. The summed E-state index contributed by atoms with van der Waals surface area (Å²) in [4.78, 5) is 12.0. The van der Waals surface area contributed by atoms with Crippen molar-refractivity contribution in [3.63, 3.8) is 0 Å². The largest absolute Gasteiger partial charge is 0.394 e. The zero-order valence-electron chi connectivity index (χ0n) is 21.5. The molecule has 0 saturated carbocycles. The van der Waals surface area contributed by atoms with Gasteiger partial charge in [-0.1, -0.05) is 6.92 Å². The van der Waals surface area contributed by atoms with Gasteiger partial charge in [-0.2, -0.15) is 0 Å². The third-order valence-electron chi connectivity index (χ3n) is 7.26. The van der Waals surface area contributed by atoms with E-state index in [9.17, 15) is 35.4 Å². The average molecular weight is 556 g/mol. The van der Waals surface area contributed by atoms with Crippen LogP contribution in [0.15, 0.2) is 0 Å². The van der Waals surface area contributed by atoms with Crippen molar-refractivity contribution in [2.75, 3.05) is 26.9 Å². The van der Waals surface area contributed by atoms with Crippen LogP contribution in [0.25, 0.3) is 0 Å². The Morgan fingerprint density at radius 1 is 0.789 bits per heavy atom. The van der Waals surface area contributed by atoms with Gasteiger partial charge in [-0.15, -0.1) is 0 Å². The lowest BCUT2D eigenvalue weighted by Crippen LogP contribution is -2.70. The van der Waals surface area contributed by atoms with E-state index in [4.69, 9.17) is 39.9 Å². The summed E-state index contributed by atoms with van der Waals surface area (Å²) in [6, 6.07) is -3.44. The highest BCUT2D eigenvalue weighted by Gasteiger charge is 2.53. The highest BCUT2D eigenvalue weighted by atomic mass is 16.7. The van der Waals surface area contributed by atoms with Gasteiger partial charge in [0.05, 0.1) is 44.1 Å². The van der Waals surface area contributed by atoms with Gasteiger partial charge in [0.1, 0.15) is 42.7 Å². The Kier molecular flexibility index (Phi) is 11.2. The third-order valence-corrected chi connectivity index (χ3v) is 7.26. The number of amides is 1. The molecule has 15 atom stereocenters. The van der Waals surface area contributed by atoms with E-state index in [-0.39, 0.29) is 0 Å². The molecule has 3 heterocycles. The van der Waals surface area contributed by atoms with E-state index >= 15 is 0 Å². The summed E-state index contributed by atoms with van der Waals surface area (Å²) in [5.74, 6) is -1.08. The molecule has 0 radical (unpaired) electrons. The summed E-state index contributed by atoms with van der Waals surface area (Å²) < 4.78 is 33.9. The Morgan fingerprint density at radius 3 is 1.79 bits per heavy atom. The Bertz CT molecular complexity index is 764. The van der Waals surface area contributed by atoms with Crippen LogP contribution in [0.3, 0.4) is 0 Å². The van der Waals surface area contributed by atoms with Crippen molar-refractivity contribution < 1.29 is 63.9 Å². The molecule has 0 spiro atoms. The molecule has 0 aromatic carbocycles. The predicted molar refractivity (Wildman–Crippen MR) is 125 cm³/mol. The fourth-order valence-electron chi connectivity index (χ4n) is 4.97. The van der Waals surface area contributed by atoms with E-state index in [1.807, 2.05) is 0 Å². The minimum absolute atomic E-state index is 0.424. The molecule has 222 valence electrons. The van der Waals surface area contributed by atoms with Gasteiger partial charge >= 0.3 is 0 Å². The zero-order valence-corrected chi connectivity index (χ0v) is 21.5. The minimum Gasteiger partial charge on any atom is -0.394 e. The topological polar surface area (TPSA) is 258 Å². The molecular formula is C22H41N3O13. The maximum absolute atomic E-state index is 12.0. The van der Waals surface area contributed by atoms with E-state index in [0.29, 0.717) is 0 Å². The number of methoxy groups -OCH3 is 1. The number of rotatable bonds is 9. The summed E-state index contributed by atoms with van der Waals surface area (Å²) in [6.07, 6.45) is -13.7. The van der Waals surface area contributed by atoms with Crippen LogP contribution in [0.2, 0.25) is 0 Å². The highest BCUT2D eigenvalue weighted by molar-refractivity contribution is 5.73. The van der Waals surface area contributed by atoms with Crippen LogP contribution >= 0.6 is 0 Å². The number of carbonyl (C=O) groups excluding carboxylic acids is 1. The molecule has 11 N–H and O–H groups in total. The van der Waals surface area contributed by atoms with Gasteiger partial charge in [-0.3, -0.25) is 4.79 Å². The molecule has 1 amide bonds. The van der Waals surface area contributed by atoms with Crippen LogP contribution in [0.1, 0.15) is 13.8 Å². The average Bonchev–Trinajstić information content (AvgIpc) is 2.90. The molecule has 3 saturated heterocycles. The van der Waals surface area contributed by atoms with Crippen molar-refractivity contribution in [3.05, 3.63) is 0 Å². The third kappa shape index (κ3) is 6.45. The quantitative estimate of drug-likeness (QED) is 0.128. The first kappa shape index (κ1) is 31.4. The molecule has 0 aromatic heterocycles. The van der Waals surface area contributed by atoms with E-state index in [1.54, 1.807) is 6.92 Å². The summed E-state index contributed by atoms with van der Waals surface area (Å²) in [7, 11) is 1.32. The molecule has 3 rings (SSSR count). The molecule has 3 aliphatic rings. The van der Waals surface area contributed by atoms with E-state index in [0.717, 1.165) is 0 Å². The zero-order chi connectivity index (χ0) is 28.3. The summed E-state index contributed by atoms with van der Waals surface area (Å²) in [5, 5.41) is 64.4.